The van der Waals surface area contributed by atoms with Crippen LogP contribution in [0.25, 0.3) is 0 Å². The number of carboxylic acids is 1. The van der Waals surface area contributed by atoms with E-state index in [1.165, 1.54) is 0 Å². The summed E-state index contributed by atoms with van der Waals surface area (Å²) in [5, 5.41) is 9.18. The first-order chi connectivity index (χ1) is 10.4. The van der Waals surface area contributed by atoms with E-state index >= 15 is 0 Å². The molecule has 0 aromatic heterocycles. The second-order valence-electron chi connectivity index (χ2n) is 5.40. The van der Waals surface area contributed by atoms with Crippen LogP contribution in [0.15, 0.2) is 18.2 Å². The smallest absolute Gasteiger partial charge is 0.303 e. The van der Waals surface area contributed by atoms with Gasteiger partial charge in [-0.2, -0.15) is 0 Å². The van der Waals surface area contributed by atoms with Crippen molar-refractivity contribution in [3.63, 3.8) is 0 Å². The van der Waals surface area contributed by atoms with Crippen LogP contribution in [0.3, 0.4) is 0 Å². The van der Waals surface area contributed by atoms with Crippen LogP contribution in [0.4, 0.5) is 0 Å². The molecule has 122 valence electrons. The van der Waals surface area contributed by atoms with Crippen molar-refractivity contribution in [1.29, 1.82) is 0 Å². The Morgan fingerprint density at radius 2 is 2.09 bits per heavy atom. The van der Waals surface area contributed by atoms with Gasteiger partial charge in [0, 0.05) is 12.8 Å². The highest BCUT2D eigenvalue weighted by molar-refractivity contribution is 6.32. The van der Waals surface area contributed by atoms with E-state index in [9.17, 15) is 9.59 Å². The molecule has 0 aliphatic carbocycles. The number of primary amides is 1. The molecule has 0 aliphatic rings. The molecule has 5 nitrogen and oxygen atoms in total. The number of hydrogen-bond acceptors (Lipinski definition) is 3. The molecule has 1 aromatic carbocycles. The van der Waals surface area contributed by atoms with Gasteiger partial charge in [0.15, 0.2) is 0 Å². The molecular formula is C16H22ClNO4. The third-order valence-electron chi connectivity index (χ3n) is 3.29. The van der Waals surface area contributed by atoms with Crippen LogP contribution >= 0.6 is 11.6 Å². The Hall–Kier alpha value is -1.75. The summed E-state index contributed by atoms with van der Waals surface area (Å²) in [6.07, 6.45) is 2.26. The molecule has 3 N–H and O–H groups in total. The van der Waals surface area contributed by atoms with Crippen molar-refractivity contribution in [2.45, 2.75) is 39.0 Å². The zero-order valence-corrected chi connectivity index (χ0v) is 13.4. The molecule has 1 amide bonds. The summed E-state index contributed by atoms with van der Waals surface area (Å²) in [7, 11) is 0. The lowest BCUT2D eigenvalue weighted by molar-refractivity contribution is -0.137. The van der Waals surface area contributed by atoms with Gasteiger partial charge in [0.05, 0.1) is 11.6 Å². The van der Waals surface area contributed by atoms with Crippen molar-refractivity contribution in [3.05, 3.63) is 28.8 Å². The van der Waals surface area contributed by atoms with Gasteiger partial charge >= 0.3 is 5.97 Å². The van der Waals surface area contributed by atoms with Gasteiger partial charge in [0.25, 0.3) is 0 Å². The zero-order valence-electron chi connectivity index (χ0n) is 12.7. The monoisotopic (exact) mass is 327 g/mol. The van der Waals surface area contributed by atoms with Crippen LogP contribution in [-0.4, -0.2) is 23.6 Å². The van der Waals surface area contributed by atoms with Crippen molar-refractivity contribution in [3.8, 4) is 5.75 Å². The summed E-state index contributed by atoms with van der Waals surface area (Å²) in [6, 6.07) is 5.49. The van der Waals surface area contributed by atoms with Crippen LogP contribution in [0, 0.1) is 5.92 Å². The number of hydrogen-bond donors (Lipinski definition) is 2. The Bertz CT molecular complexity index is 519. The zero-order chi connectivity index (χ0) is 16.5. The summed E-state index contributed by atoms with van der Waals surface area (Å²) >= 11 is 6.29. The van der Waals surface area contributed by atoms with Crippen LogP contribution in [0.1, 0.15) is 38.2 Å². The number of aryl methyl sites for hydroxylation is 1. The van der Waals surface area contributed by atoms with Gasteiger partial charge < -0.3 is 15.6 Å². The lowest BCUT2D eigenvalue weighted by Crippen LogP contribution is -2.15. The quantitative estimate of drug-likeness (QED) is 0.691. The third-order valence-corrected chi connectivity index (χ3v) is 3.72. The first-order valence-corrected chi connectivity index (χ1v) is 7.68. The molecule has 0 saturated heterocycles. The second kappa shape index (κ2) is 9.30. The van der Waals surface area contributed by atoms with E-state index in [4.69, 9.17) is 27.2 Å². The number of carboxylic acid groups (broad SMARTS) is 1. The lowest BCUT2D eigenvalue weighted by atomic mass is 10.1. The molecule has 1 aromatic rings. The molecule has 0 saturated carbocycles. The minimum Gasteiger partial charge on any atom is -0.492 e. The molecule has 0 radical (unpaired) electrons. The average molecular weight is 328 g/mol. The first kappa shape index (κ1) is 18.3. The molecule has 0 heterocycles. The summed E-state index contributed by atoms with van der Waals surface area (Å²) in [4.78, 5) is 21.3. The fourth-order valence-electron chi connectivity index (χ4n) is 1.99. The number of rotatable bonds is 10. The van der Waals surface area contributed by atoms with Gasteiger partial charge in [-0.3, -0.25) is 9.59 Å². The van der Waals surface area contributed by atoms with E-state index in [-0.39, 0.29) is 18.2 Å². The SMILES string of the molecule is C[C@@H](CCC(N)=O)COc1cccc(CCCC(=O)O)c1Cl. The highest BCUT2D eigenvalue weighted by Crippen LogP contribution is 2.29. The Morgan fingerprint density at radius 1 is 1.36 bits per heavy atom. The number of halogens is 1. The predicted octanol–water partition coefficient (Wildman–Crippen LogP) is 3.03. The maximum Gasteiger partial charge on any atom is 0.303 e. The Kier molecular flexibility index (Phi) is 7.74. The van der Waals surface area contributed by atoms with Crippen LogP contribution in [0.5, 0.6) is 5.75 Å². The number of nitrogens with two attached hydrogens (primary N) is 1. The van der Waals surface area contributed by atoms with E-state index in [1.807, 2.05) is 19.1 Å². The third kappa shape index (κ3) is 6.80. The van der Waals surface area contributed by atoms with Crippen molar-refractivity contribution >= 4 is 23.5 Å². The summed E-state index contributed by atoms with van der Waals surface area (Å²) < 4.78 is 5.70. The fraction of sp³-hybridized carbons (Fsp3) is 0.500. The number of carbonyl (C=O) groups is 2. The predicted molar refractivity (Wildman–Crippen MR) is 85.1 cm³/mol. The van der Waals surface area contributed by atoms with E-state index < -0.39 is 5.97 Å². The largest absolute Gasteiger partial charge is 0.492 e. The van der Waals surface area contributed by atoms with Crippen molar-refractivity contribution < 1.29 is 19.4 Å². The first-order valence-electron chi connectivity index (χ1n) is 7.30. The van der Waals surface area contributed by atoms with Gasteiger partial charge in [-0.15, -0.1) is 0 Å². The summed E-state index contributed by atoms with van der Waals surface area (Å²) in [5.41, 5.74) is 6.00. The van der Waals surface area contributed by atoms with Crippen LogP contribution in [-0.2, 0) is 16.0 Å². The van der Waals surface area contributed by atoms with Crippen LogP contribution in [0.2, 0.25) is 5.02 Å². The fourth-order valence-corrected chi connectivity index (χ4v) is 2.27. The molecule has 0 spiro atoms. The number of benzene rings is 1. The van der Waals surface area contributed by atoms with E-state index in [2.05, 4.69) is 0 Å². The molecule has 1 rings (SSSR count). The molecular weight excluding hydrogens is 306 g/mol. The number of amides is 1. The molecule has 0 unspecified atom stereocenters. The second-order valence-corrected chi connectivity index (χ2v) is 5.78. The number of carbonyl (C=O) groups excluding carboxylic acids is 1. The number of ether oxygens (including phenoxy) is 1. The van der Waals surface area contributed by atoms with Crippen molar-refractivity contribution in [2.75, 3.05) is 6.61 Å². The highest BCUT2D eigenvalue weighted by atomic mass is 35.5. The molecule has 22 heavy (non-hydrogen) atoms. The molecule has 6 heteroatoms. The minimum absolute atomic E-state index is 0.117. The van der Waals surface area contributed by atoms with Crippen molar-refractivity contribution in [1.82, 2.24) is 0 Å². The topological polar surface area (TPSA) is 89.6 Å². The number of aliphatic carboxylic acids is 1. The van der Waals surface area contributed by atoms with Gasteiger partial charge in [0.1, 0.15) is 5.75 Å². The van der Waals surface area contributed by atoms with E-state index in [1.54, 1.807) is 6.07 Å². The van der Waals surface area contributed by atoms with Gasteiger partial charge in [-0.25, -0.2) is 0 Å². The minimum atomic E-state index is -0.813. The summed E-state index contributed by atoms with van der Waals surface area (Å²) in [6.45, 7) is 2.43. The molecule has 0 bridgehead atoms. The van der Waals surface area contributed by atoms with Crippen LogP contribution < -0.4 is 10.5 Å². The van der Waals surface area contributed by atoms with Gasteiger partial charge in [-0.1, -0.05) is 30.7 Å². The van der Waals surface area contributed by atoms with Gasteiger partial charge in [0.2, 0.25) is 5.91 Å². The Balaban J connectivity index is 2.53. The van der Waals surface area contributed by atoms with E-state index in [0.717, 1.165) is 5.56 Å². The lowest BCUT2D eigenvalue weighted by Gasteiger charge is -2.15. The normalized spacial score (nSPS) is 11.9. The molecule has 1 atom stereocenters. The molecule has 0 fully saturated rings. The maximum absolute atomic E-state index is 10.7. The van der Waals surface area contributed by atoms with Crippen molar-refractivity contribution in [2.24, 2.45) is 11.7 Å². The van der Waals surface area contributed by atoms with Gasteiger partial charge in [-0.05, 0) is 36.8 Å². The standard InChI is InChI=1S/C16H22ClNO4/c1-11(8-9-14(18)19)10-22-13-6-2-4-12(16(13)17)5-3-7-15(20)21/h2,4,6,11H,3,5,7-10H2,1H3,(H2,18,19)(H,20,21)/t11-/m0/s1. The average Bonchev–Trinajstić information content (AvgIpc) is 2.45. The summed E-state index contributed by atoms with van der Waals surface area (Å²) in [5.74, 6) is -0.350. The molecule has 0 aliphatic heterocycles. The highest BCUT2D eigenvalue weighted by Gasteiger charge is 2.10. The van der Waals surface area contributed by atoms with E-state index in [0.29, 0.717) is 43.1 Å². The maximum atomic E-state index is 10.7. The Labute approximate surface area is 135 Å². The Morgan fingerprint density at radius 3 is 2.73 bits per heavy atom.